The number of hydrogen-bond acceptors (Lipinski definition) is 4. The van der Waals surface area contributed by atoms with Gasteiger partial charge in [0.15, 0.2) is 0 Å². The number of nitrogens with zero attached hydrogens (tertiary/aromatic N) is 3. The zero-order valence-electron chi connectivity index (χ0n) is 16.9. The molecule has 0 radical (unpaired) electrons. The molecule has 1 saturated heterocycles. The van der Waals surface area contributed by atoms with Crippen molar-refractivity contribution in [2.75, 3.05) is 47.3 Å². The van der Waals surface area contributed by atoms with Gasteiger partial charge in [-0.25, -0.2) is 5.43 Å². The van der Waals surface area contributed by atoms with Crippen molar-refractivity contribution in [2.45, 2.75) is 46.4 Å². The third-order valence-corrected chi connectivity index (χ3v) is 4.81. The highest BCUT2D eigenvalue weighted by atomic mass is 35.5. The zero-order chi connectivity index (χ0) is 18.5. The third-order valence-electron chi connectivity index (χ3n) is 4.69. The largest absolute Gasteiger partial charge is 0.373 e. The summed E-state index contributed by atoms with van der Waals surface area (Å²) >= 11 is 6.27. The molecule has 0 amide bonds. The van der Waals surface area contributed by atoms with E-state index < -0.39 is 0 Å². The van der Waals surface area contributed by atoms with Crippen molar-refractivity contribution in [2.24, 2.45) is 5.41 Å². The molecule has 5 heteroatoms. The summed E-state index contributed by atoms with van der Waals surface area (Å²) in [5.41, 5.74) is 7.38. The highest BCUT2D eigenvalue weighted by Crippen LogP contribution is 2.28. The molecule has 0 aromatic rings. The SMILES string of the molecule is CC/C(=C(C)\C(=C/C(C)Cl)N(C)NC)N1CCN(C)CC(C)(C)C1. The number of halogens is 1. The van der Waals surface area contributed by atoms with Crippen molar-refractivity contribution in [1.29, 1.82) is 0 Å². The summed E-state index contributed by atoms with van der Waals surface area (Å²) in [7, 11) is 6.21. The maximum absolute atomic E-state index is 6.27. The minimum atomic E-state index is -0.00411. The second-order valence-corrected chi connectivity index (χ2v) is 8.45. The monoisotopic (exact) mass is 356 g/mol. The molecule has 1 aliphatic heterocycles. The molecule has 0 bridgehead atoms. The van der Waals surface area contributed by atoms with Crippen LogP contribution in [0.3, 0.4) is 0 Å². The van der Waals surface area contributed by atoms with Gasteiger partial charge in [0.1, 0.15) is 0 Å². The topological polar surface area (TPSA) is 21.8 Å². The van der Waals surface area contributed by atoms with Crippen molar-refractivity contribution in [3.05, 3.63) is 23.0 Å². The van der Waals surface area contributed by atoms with Gasteiger partial charge < -0.3 is 14.8 Å². The van der Waals surface area contributed by atoms with Gasteiger partial charge in [0.25, 0.3) is 0 Å². The summed E-state index contributed by atoms with van der Waals surface area (Å²) in [5, 5.41) is 2.05. The molecule has 24 heavy (non-hydrogen) atoms. The first kappa shape index (κ1) is 21.3. The molecule has 1 N–H and O–H groups in total. The van der Waals surface area contributed by atoms with Crippen LogP contribution in [0.4, 0.5) is 0 Å². The summed E-state index contributed by atoms with van der Waals surface area (Å²) in [5.74, 6) is 0. The van der Waals surface area contributed by atoms with E-state index in [0.29, 0.717) is 0 Å². The molecule has 4 nitrogen and oxygen atoms in total. The van der Waals surface area contributed by atoms with E-state index in [1.807, 2.05) is 21.0 Å². The maximum Gasteiger partial charge on any atom is 0.0537 e. The van der Waals surface area contributed by atoms with Crippen molar-refractivity contribution >= 4 is 11.6 Å². The van der Waals surface area contributed by atoms with Crippen LogP contribution in [0.5, 0.6) is 0 Å². The Labute approximate surface area is 154 Å². The van der Waals surface area contributed by atoms with Crippen LogP contribution in [0.25, 0.3) is 0 Å². The minimum Gasteiger partial charge on any atom is -0.373 e. The van der Waals surface area contributed by atoms with Crippen LogP contribution < -0.4 is 5.43 Å². The second-order valence-electron chi connectivity index (χ2n) is 7.76. The molecule has 0 aromatic carbocycles. The summed E-state index contributed by atoms with van der Waals surface area (Å²) in [6.07, 6.45) is 3.15. The molecule has 1 heterocycles. The van der Waals surface area contributed by atoms with E-state index in [-0.39, 0.29) is 10.8 Å². The molecular weight excluding hydrogens is 320 g/mol. The Kier molecular flexibility index (Phi) is 8.10. The van der Waals surface area contributed by atoms with Gasteiger partial charge in [-0.3, -0.25) is 0 Å². The lowest BCUT2D eigenvalue weighted by atomic mass is 9.92. The fourth-order valence-electron chi connectivity index (χ4n) is 3.68. The summed E-state index contributed by atoms with van der Waals surface area (Å²) in [4.78, 5) is 5.02. The van der Waals surface area contributed by atoms with E-state index in [4.69, 9.17) is 11.6 Å². The molecule has 1 fully saturated rings. The fourth-order valence-corrected chi connectivity index (χ4v) is 3.80. The first-order valence-corrected chi connectivity index (χ1v) is 9.45. The molecule has 1 aliphatic rings. The van der Waals surface area contributed by atoms with Gasteiger partial charge in [-0.2, -0.15) is 0 Å². The van der Waals surface area contributed by atoms with Crippen molar-refractivity contribution in [3.63, 3.8) is 0 Å². The lowest BCUT2D eigenvalue weighted by Crippen LogP contribution is -2.36. The van der Waals surface area contributed by atoms with Gasteiger partial charge in [0.05, 0.1) is 11.1 Å². The first-order valence-electron chi connectivity index (χ1n) is 9.02. The molecule has 1 rings (SSSR count). The zero-order valence-corrected chi connectivity index (χ0v) is 17.7. The average Bonchev–Trinajstić information content (AvgIpc) is 2.61. The summed E-state index contributed by atoms with van der Waals surface area (Å²) < 4.78 is 0. The number of likely N-dealkylation sites (N-methyl/N-ethyl adjacent to an activating group) is 2. The standard InChI is InChI=1S/C19H37ClN4/c1-9-17(16(3)18(12-15(2)20)23(8)21-6)24-11-10-22(7)13-19(4,5)14-24/h12,15,21H,9-11,13-14H2,1-8H3/b17-16+,18-12+. The van der Waals surface area contributed by atoms with E-state index in [0.717, 1.165) is 38.3 Å². The summed E-state index contributed by atoms with van der Waals surface area (Å²) in [6, 6.07) is 0. The minimum absolute atomic E-state index is 0.00411. The van der Waals surface area contributed by atoms with E-state index in [1.54, 1.807) is 0 Å². The normalized spacial score (nSPS) is 22.0. The first-order chi connectivity index (χ1) is 11.1. The second kappa shape index (κ2) is 9.12. The average molecular weight is 357 g/mol. The molecule has 0 spiro atoms. The van der Waals surface area contributed by atoms with Crippen LogP contribution in [0.1, 0.15) is 41.0 Å². The Morgan fingerprint density at radius 1 is 1.33 bits per heavy atom. The molecule has 0 saturated carbocycles. The van der Waals surface area contributed by atoms with Crippen LogP contribution in [-0.2, 0) is 0 Å². The highest BCUT2D eigenvalue weighted by molar-refractivity contribution is 6.21. The predicted octanol–water partition coefficient (Wildman–Crippen LogP) is 3.52. The number of nitrogens with one attached hydrogen (secondary N) is 1. The van der Waals surface area contributed by atoms with E-state index in [1.165, 1.54) is 11.3 Å². The van der Waals surface area contributed by atoms with Gasteiger partial charge in [0.2, 0.25) is 0 Å². The van der Waals surface area contributed by atoms with Gasteiger partial charge in [0, 0.05) is 46.0 Å². The quantitative estimate of drug-likeness (QED) is 0.446. The Morgan fingerprint density at radius 2 is 1.96 bits per heavy atom. The lowest BCUT2D eigenvalue weighted by molar-refractivity contribution is 0.215. The lowest BCUT2D eigenvalue weighted by Gasteiger charge is -2.35. The Hall–Kier alpha value is -0.710. The van der Waals surface area contributed by atoms with E-state index >= 15 is 0 Å². The molecule has 0 aromatic heterocycles. The smallest absolute Gasteiger partial charge is 0.0537 e. The van der Waals surface area contributed by atoms with Crippen LogP contribution in [0, 0.1) is 5.41 Å². The third kappa shape index (κ3) is 5.98. The molecule has 0 aliphatic carbocycles. The summed E-state index contributed by atoms with van der Waals surface area (Å²) in [6.45, 7) is 15.6. The van der Waals surface area contributed by atoms with Crippen molar-refractivity contribution in [3.8, 4) is 0 Å². The Balaban J connectivity index is 3.25. The van der Waals surface area contributed by atoms with Crippen LogP contribution >= 0.6 is 11.6 Å². The number of rotatable bonds is 6. The number of hydrazine groups is 1. The predicted molar refractivity (Wildman–Crippen MR) is 106 cm³/mol. The molecular formula is C19H37ClN4. The highest BCUT2D eigenvalue weighted by Gasteiger charge is 2.29. The van der Waals surface area contributed by atoms with Crippen LogP contribution in [0.2, 0.25) is 0 Å². The fraction of sp³-hybridized carbons (Fsp3) is 0.789. The maximum atomic E-state index is 6.27. The van der Waals surface area contributed by atoms with Gasteiger partial charge in [-0.1, -0.05) is 20.8 Å². The molecule has 1 unspecified atom stereocenters. The van der Waals surface area contributed by atoms with Crippen LogP contribution in [0.15, 0.2) is 23.0 Å². The van der Waals surface area contributed by atoms with Crippen molar-refractivity contribution in [1.82, 2.24) is 20.2 Å². The number of allylic oxidation sites excluding steroid dienone is 3. The van der Waals surface area contributed by atoms with Gasteiger partial charge in [-0.05, 0) is 44.4 Å². The molecule has 1 atom stereocenters. The van der Waals surface area contributed by atoms with E-state index in [9.17, 15) is 0 Å². The van der Waals surface area contributed by atoms with E-state index in [2.05, 4.69) is 61.1 Å². The number of alkyl halides is 1. The Bertz CT molecular complexity index is 468. The van der Waals surface area contributed by atoms with Crippen LogP contribution in [-0.4, -0.2) is 67.5 Å². The van der Waals surface area contributed by atoms with Crippen molar-refractivity contribution < 1.29 is 0 Å². The van der Waals surface area contributed by atoms with Gasteiger partial charge in [-0.15, -0.1) is 11.6 Å². The number of hydrogen-bond donors (Lipinski definition) is 1. The van der Waals surface area contributed by atoms with Gasteiger partial charge >= 0.3 is 0 Å². The Morgan fingerprint density at radius 3 is 2.46 bits per heavy atom. The molecule has 140 valence electrons.